The minimum absolute atomic E-state index is 0.108. The van der Waals surface area contributed by atoms with Crippen LogP contribution >= 0.6 is 11.8 Å². The molecule has 8 nitrogen and oxygen atoms in total. The Morgan fingerprint density at radius 1 is 1.16 bits per heavy atom. The first-order chi connectivity index (χ1) is 18.2. The van der Waals surface area contributed by atoms with E-state index in [2.05, 4.69) is 38.4 Å². The Bertz CT molecular complexity index is 1490. The van der Waals surface area contributed by atoms with Crippen LogP contribution in [-0.4, -0.2) is 36.8 Å². The molecule has 0 amide bonds. The zero-order chi connectivity index (χ0) is 25.2. The van der Waals surface area contributed by atoms with E-state index >= 15 is 0 Å². The highest BCUT2D eigenvalue weighted by molar-refractivity contribution is 7.99. The molecule has 4 aromatic rings. The topological polar surface area (TPSA) is 88.7 Å². The quantitative estimate of drug-likeness (QED) is 0.319. The lowest BCUT2D eigenvalue weighted by molar-refractivity contribution is 0.0383. The number of aromatic nitrogens is 2. The normalized spacial score (nSPS) is 16.4. The molecule has 2 aromatic heterocycles. The maximum Gasteiger partial charge on any atom is 0.249 e. The van der Waals surface area contributed by atoms with Crippen LogP contribution in [0.3, 0.4) is 0 Å². The second kappa shape index (κ2) is 10.2. The molecule has 1 fully saturated rings. The summed E-state index contributed by atoms with van der Waals surface area (Å²) in [6.07, 6.45) is 3.26. The predicted octanol–water partition coefficient (Wildman–Crippen LogP) is 5.23. The second-order valence-corrected chi connectivity index (χ2v) is 9.90. The van der Waals surface area contributed by atoms with Crippen molar-refractivity contribution in [3.8, 4) is 17.4 Å². The highest BCUT2D eigenvalue weighted by atomic mass is 32.2. The number of nitrogens with zero attached hydrogens (tertiary/aromatic N) is 2. The third-order valence-corrected chi connectivity index (χ3v) is 7.51. The fraction of sp³-hybridized carbons (Fsp3) is 0.214. The number of anilines is 2. The van der Waals surface area contributed by atoms with Crippen LogP contribution in [-0.2, 0) is 11.3 Å². The zero-order valence-electron chi connectivity index (χ0n) is 20.3. The van der Waals surface area contributed by atoms with Crippen LogP contribution in [0.4, 0.5) is 11.4 Å². The Balaban J connectivity index is 1.19. The van der Waals surface area contributed by atoms with Crippen molar-refractivity contribution in [3.05, 3.63) is 94.5 Å². The Morgan fingerprint density at radius 2 is 2.11 bits per heavy atom. The van der Waals surface area contributed by atoms with Crippen LogP contribution in [0.5, 0.6) is 17.4 Å². The van der Waals surface area contributed by atoms with E-state index in [-0.39, 0.29) is 11.7 Å². The molecule has 0 aliphatic carbocycles. The Kier molecular flexibility index (Phi) is 6.46. The third kappa shape index (κ3) is 5.00. The zero-order valence-corrected chi connectivity index (χ0v) is 21.1. The van der Waals surface area contributed by atoms with Gasteiger partial charge >= 0.3 is 0 Å². The number of aromatic amines is 1. The van der Waals surface area contributed by atoms with Crippen LogP contribution in [0, 0.1) is 0 Å². The summed E-state index contributed by atoms with van der Waals surface area (Å²) in [5.41, 5.74) is 3.90. The molecule has 0 saturated carbocycles. The lowest BCUT2D eigenvalue weighted by atomic mass is 10.1. The molecule has 37 heavy (non-hydrogen) atoms. The maximum atomic E-state index is 11.8. The average Bonchev–Trinajstić information content (AvgIpc) is 2.94. The molecule has 188 valence electrons. The van der Waals surface area contributed by atoms with Crippen molar-refractivity contribution in [2.45, 2.75) is 22.4 Å². The van der Waals surface area contributed by atoms with Crippen molar-refractivity contribution in [1.82, 2.24) is 9.97 Å². The van der Waals surface area contributed by atoms with Gasteiger partial charge in [0.25, 0.3) is 0 Å². The summed E-state index contributed by atoms with van der Waals surface area (Å²) in [7, 11) is 1.62. The van der Waals surface area contributed by atoms with Crippen molar-refractivity contribution in [1.29, 1.82) is 0 Å². The van der Waals surface area contributed by atoms with Crippen molar-refractivity contribution < 1.29 is 14.2 Å². The van der Waals surface area contributed by atoms with E-state index in [9.17, 15) is 4.79 Å². The van der Waals surface area contributed by atoms with Gasteiger partial charge in [-0.2, -0.15) is 0 Å². The lowest BCUT2D eigenvalue weighted by Crippen LogP contribution is -2.39. The van der Waals surface area contributed by atoms with Gasteiger partial charge in [-0.1, -0.05) is 23.9 Å². The number of methoxy groups -OCH3 is 1. The van der Waals surface area contributed by atoms with Crippen LogP contribution < -0.4 is 25.2 Å². The summed E-state index contributed by atoms with van der Waals surface area (Å²) in [6, 6.07) is 19.8. The van der Waals surface area contributed by atoms with Crippen molar-refractivity contribution >= 4 is 23.1 Å². The molecule has 0 radical (unpaired) electrons. The molecule has 2 aliphatic heterocycles. The summed E-state index contributed by atoms with van der Waals surface area (Å²) in [4.78, 5) is 22.9. The Hall–Kier alpha value is -3.95. The van der Waals surface area contributed by atoms with Gasteiger partial charge < -0.3 is 29.4 Å². The van der Waals surface area contributed by atoms with E-state index in [1.165, 1.54) is 0 Å². The number of hydrogen-bond donors (Lipinski definition) is 2. The average molecular weight is 515 g/mol. The van der Waals surface area contributed by atoms with Gasteiger partial charge in [0, 0.05) is 61.1 Å². The predicted molar refractivity (Wildman–Crippen MR) is 143 cm³/mol. The van der Waals surface area contributed by atoms with Crippen molar-refractivity contribution in [3.63, 3.8) is 0 Å². The molecule has 2 aromatic carbocycles. The summed E-state index contributed by atoms with van der Waals surface area (Å²) in [5.74, 6) is 2.26. The van der Waals surface area contributed by atoms with Crippen molar-refractivity contribution in [2.75, 3.05) is 37.0 Å². The monoisotopic (exact) mass is 514 g/mol. The van der Waals surface area contributed by atoms with Gasteiger partial charge in [-0.25, -0.2) is 4.98 Å². The number of pyridine rings is 2. The van der Waals surface area contributed by atoms with Crippen LogP contribution in [0.15, 0.2) is 87.6 Å². The van der Waals surface area contributed by atoms with Gasteiger partial charge in [-0.05, 0) is 42.0 Å². The fourth-order valence-electron chi connectivity index (χ4n) is 4.56. The summed E-state index contributed by atoms with van der Waals surface area (Å²) >= 11 is 1.69. The number of para-hydroxylation sites is 1. The number of nitrogens with one attached hydrogen (secondary N) is 2. The van der Waals surface area contributed by atoms with Gasteiger partial charge in [0.1, 0.15) is 17.6 Å². The summed E-state index contributed by atoms with van der Waals surface area (Å²) in [5, 5.41) is 3.47. The Morgan fingerprint density at radius 3 is 3.00 bits per heavy atom. The van der Waals surface area contributed by atoms with Crippen molar-refractivity contribution in [2.24, 2.45) is 0 Å². The van der Waals surface area contributed by atoms with Gasteiger partial charge in [-0.15, -0.1) is 0 Å². The molecular weight excluding hydrogens is 488 g/mol. The highest BCUT2D eigenvalue weighted by Crippen LogP contribution is 2.50. The van der Waals surface area contributed by atoms with Crippen LogP contribution in [0.2, 0.25) is 0 Å². The van der Waals surface area contributed by atoms with E-state index in [0.29, 0.717) is 25.6 Å². The van der Waals surface area contributed by atoms with Crippen LogP contribution in [0.1, 0.15) is 17.2 Å². The largest absolute Gasteiger partial charge is 0.481 e. The number of morpholine rings is 1. The van der Waals surface area contributed by atoms with Crippen LogP contribution in [0.25, 0.3) is 0 Å². The SMILES string of the molecule is COc1cc(CNc2ccc3c(c2)Sc2cccc(C4CN(c5cc[nH]c(=O)c5)CCO4)c2O3)ccn1. The minimum Gasteiger partial charge on any atom is -0.481 e. The molecule has 0 bridgehead atoms. The molecule has 9 heteroatoms. The maximum absolute atomic E-state index is 11.8. The number of hydrogen-bond acceptors (Lipinski definition) is 8. The molecule has 1 saturated heterocycles. The van der Waals surface area contributed by atoms with E-state index in [0.717, 1.165) is 50.3 Å². The molecule has 2 N–H and O–H groups in total. The summed E-state index contributed by atoms with van der Waals surface area (Å²) in [6.45, 7) is 2.61. The standard InChI is InChI=1S/C28H26N4O4S/c1-34-27-13-18(7-9-30-27)16-31-19-5-6-22-25(14-19)37-24-4-2-3-21(28(24)36-22)23-17-32(11-12-35-23)20-8-10-29-26(33)15-20/h2-10,13-15,23,31H,11-12,16-17H2,1H3,(H,29,33). The first-order valence-electron chi connectivity index (χ1n) is 12.1. The first kappa shape index (κ1) is 23.4. The van der Waals surface area contributed by atoms with Gasteiger partial charge in [0.05, 0.1) is 23.5 Å². The van der Waals surface area contributed by atoms with E-state index in [1.54, 1.807) is 37.3 Å². The number of rotatable bonds is 6. The first-order valence-corrected chi connectivity index (χ1v) is 12.9. The smallest absolute Gasteiger partial charge is 0.249 e. The van der Waals surface area contributed by atoms with E-state index in [1.807, 2.05) is 36.4 Å². The molecule has 2 aliphatic rings. The van der Waals surface area contributed by atoms with Gasteiger partial charge in [0.15, 0.2) is 0 Å². The minimum atomic E-state index is -0.163. The molecular formula is C28H26N4O4S. The molecule has 1 unspecified atom stereocenters. The van der Waals surface area contributed by atoms with Gasteiger partial charge in [0.2, 0.25) is 11.4 Å². The lowest BCUT2D eigenvalue weighted by Gasteiger charge is -2.35. The third-order valence-electron chi connectivity index (χ3n) is 6.43. The molecule has 1 atom stereocenters. The molecule has 6 rings (SSSR count). The number of benzene rings is 2. The van der Waals surface area contributed by atoms with Gasteiger partial charge in [-0.3, -0.25) is 4.79 Å². The van der Waals surface area contributed by atoms with E-state index in [4.69, 9.17) is 14.2 Å². The number of ether oxygens (including phenoxy) is 3. The molecule has 4 heterocycles. The number of H-pyrrole nitrogens is 1. The number of fused-ring (bicyclic) bond motifs is 2. The Labute approximate surface area is 218 Å². The second-order valence-electron chi connectivity index (χ2n) is 8.82. The summed E-state index contributed by atoms with van der Waals surface area (Å²) < 4.78 is 17.8. The highest BCUT2D eigenvalue weighted by Gasteiger charge is 2.29. The fourth-order valence-corrected chi connectivity index (χ4v) is 5.60. The molecule has 0 spiro atoms. The van der Waals surface area contributed by atoms with E-state index < -0.39 is 0 Å².